The van der Waals surface area contributed by atoms with Crippen LogP contribution in [0, 0.1) is 145 Å². The molecule has 2 unspecified atom stereocenters. The molecule has 72 heavy (non-hydrogen) atoms. The molecule has 4 aromatic rings. The Kier molecular flexibility index (Phi) is 11.7. The highest BCUT2D eigenvalue weighted by Crippen LogP contribution is 2.44. The lowest BCUT2D eigenvalue weighted by Crippen LogP contribution is -3.02. The van der Waals surface area contributed by atoms with E-state index in [1.54, 1.807) is 0 Å². The van der Waals surface area contributed by atoms with E-state index in [2.05, 4.69) is 28.2 Å². The van der Waals surface area contributed by atoms with Gasteiger partial charge in [-0.2, -0.15) is 0 Å². The normalized spacial score (nSPS) is 19.0. The van der Waals surface area contributed by atoms with Crippen molar-refractivity contribution in [3.8, 4) is 0 Å². The zero-order valence-electron chi connectivity index (χ0n) is 35.2. The molecule has 5 aliphatic heterocycles. The number of allylic oxidation sites excluding steroid dienone is 11. The van der Waals surface area contributed by atoms with Crippen LogP contribution in [0.4, 0.5) is 87.8 Å². The van der Waals surface area contributed by atoms with Crippen LogP contribution in [0.5, 0.6) is 0 Å². The summed E-state index contributed by atoms with van der Waals surface area (Å²) in [5.74, 6) is -52.4. The lowest BCUT2D eigenvalue weighted by atomic mass is 9.94. The average molecular weight is 1030 g/mol. The molecule has 372 valence electrons. The van der Waals surface area contributed by atoms with Gasteiger partial charge in [0, 0.05) is 38.4 Å². The van der Waals surface area contributed by atoms with E-state index in [0.717, 1.165) is 0 Å². The second-order valence-electron chi connectivity index (χ2n) is 15.9. The van der Waals surface area contributed by atoms with E-state index in [-0.39, 0.29) is 0 Å². The first kappa shape index (κ1) is 49.4. The number of rotatable bonds is 4. The van der Waals surface area contributed by atoms with E-state index >= 15 is 70.2 Å². The Labute approximate surface area is 390 Å². The van der Waals surface area contributed by atoms with Crippen LogP contribution < -0.4 is 9.80 Å². The predicted octanol–water partition coefficient (Wildman–Crippen LogP) is 9.99. The molecular formula is C48H20F20N4. The lowest BCUT2D eigenvalue weighted by molar-refractivity contribution is -0.755. The van der Waals surface area contributed by atoms with Crippen LogP contribution in [0.15, 0.2) is 70.6 Å². The highest BCUT2D eigenvalue weighted by atomic mass is 19.2. The van der Waals surface area contributed by atoms with Crippen LogP contribution >= 0.6 is 0 Å². The van der Waals surface area contributed by atoms with Crippen LogP contribution in [0.2, 0.25) is 0 Å². The molecule has 0 spiro atoms. The molecule has 4 nitrogen and oxygen atoms in total. The van der Waals surface area contributed by atoms with Gasteiger partial charge in [0.1, 0.15) is 34.2 Å². The van der Waals surface area contributed by atoms with Crippen LogP contribution in [0.1, 0.15) is 35.1 Å². The summed E-state index contributed by atoms with van der Waals surface area (Å²) in [6.45, 7) is 0. The number of hydrogen-bond donors (Lipinski definition) is 2. The van der Waals surface area contributed by atoms with Gasteiger partial charge >= 0.3 is 0 Å². The number of halogens is 20. The van der Waals surface area contributed by atoms with Crippen molar-refractivity contribution in [1.82, 2.24) is 0 Å². The molecule has 5 heterocycles. The summed E-state index contributed by atoms with van der Waals surface area (Å²) >= 11 is 0. The van der Waals surface area contributed by atoms with Crippen molar-refractivity contribution >= 4 is 33.7 Å². The van der Waals surface area contributed by atoms with E-state index in [1.807, 2.05) is 0 Å². The van der Waals surface area contributed by atoms with E-state index in [9.17, 15) is 17.6 Å². The topological polar surface area (TPSA) is 14.9 Å². The van der Waals surface area contributed by atoms with Gasteiger partial charge in [0.2, 0.25) is 23.3 Å². The minimum atomic E-state index is -2.72. The Balaban J connectivity index is 1.53. The van der Waals surface area contributed by atoms with E-state index in [0.29, 0.717) is 45.6 Å². The molecule has 2 N–H and O–H groups in total. The van der Waals surface area contributed by atoms with E-state index in [1.165, 1.54) is 0 Å². The van der Waals surface area contributed by atoms with E-state index in [4.69, 9.17) is 0 Å². The van der Waals surface area contributed by atoms with Crippen molar-refractivity contribution in [3.05, 3.63) is 237 Å². The summed E-state index contributed by atoms with van der Waals surface area (Å²) in [5, 5.41) is 0. The molecule has 0 aromatic heterocycles. The summed E-state index contributed by atoms with van der Waals surface area (Å²) in [6, 6.07) is 0. The minimum absolute atomic E-state index is 0.374. The molecule has 4 aromatic carbocycles. The molecule has 2 atom stereocenters. The standard InChI is InChI=1S/C48H20F20N4/c1-69-13-5-6-14(69)22(26-31(51)39(59)46(66)40(60)32(26)52)16-8-10-18(71(16)3)24(28-35(55)43(63)48(68)44(64)36(28)56)20-12-11-19(72(20)4)23(27-33(53)41(61)47(67)42(62)34(27)54)17-9-7-15(70(17)2)21(13)25-29(49)37(57)45(65)38(58)30(25)50/h5-10,70-71H,1-4,11-12H2. The van der Waals surface area contributed by atoms with Crippen molar-refractivity contribution in [2.24, 2.45) is 0 Å². The number of hydrogen-bond acceptors (Lipinski definition) is 0. The van der Waals surface area contributed by atoms with Gasteiger partial charge in [-0.1, -0.05) is 12.2 Å². The first-order chi connectivity index (χ1) is 33.8. The van der Waals surface area contributed by atoms with E-state index < -0.39 is 229 Å². The lowest BCUT2D eigenvalue weighted by Gasteiger charge is -2.29. The third-order valence-electron chi connectivity index (χ3n) is 12.4. The molecule has 0 radical (unpaired) electrons. The van der Waals surface area contributed by atoms with Gasteiger partial charge in [0.25, 0.3) is 0 Å². The zero-order valence-corrected chi connectivity index (χ0v) is 35.2. The fourth-order valence-corrected chi connectivity index (χ4v) is 9.02. The van der Waals surface area contributed by atoms with Gasteiger partial charge < -0.3 is 19.0 Å². The Morgan fingerprint density at radius 2 is 0.653 bits per heavy atom. The number of quaternary nitrogens is 2. The quantitative estimate of drug-likeness (QED) is 0.0666. The van der Waals surface area contributed by atoms with Gasteiger partial charge in [-0.05, 0) is 12.8 Å². The highest BCUT2D eigenvalue weighted by Gasteiger charge is 2.44. The van der Waals surface area contributed by atoms with Crippen LogP contribution in [0.25, 0.3) is 22.3 Å². The van der Waals surface area contributed by atoms with Crippen LogP contribution in [0.3, 0.4) is 0 Å². The predicted molar refractivity (Wildman–Crippen MR) is 210 cm³/mol. The van der Waals surface area contributed by atoms with Gasteiger partial charge in [0.05, 0.1) is 56.0 Å². The number of benzene rings is 4. The molecule has 0 amide bonds. The largest absolute Gasteiger partial charge is 0.402 e. The van der Waals surface area contributed by atoms with Crippen molar-refractivity contribution in [1.29, 1.82) is 0 Å². The van der Waals surface area contributed by atoms with Crippen molar-refractivity contribution in [2.75, 3.05) is 0 Å². The highest BCUT2D eigenvalue weighted by molar-refractivity contribution is 6.29. The number of nitrogens with zero attached hydrogens (tertiary/aromatic N) is 2. The third kappa shape index (κ3) is 6.63. The molecule has 24 heteroatoms. The van der Waals surface area contributed by atoms with Crippen molar-refractivity contribution < 1.29 is 107 Å². The Morgan fingerprint density at radius 3 is 1.06 bits per heavy atom. The Morgan fingerprint density at radius 1 is 0.333 bits per heavy atom. The van der Waals surface area contributed by atoms with Crippen LogP contribution in [-0.2, 0) is 0 Å². The van der Waals surface area contributed by atoms with Crippen LogP contribution in [-0.4, -0.2) is 20.6 Å². The molecular weight excluding hydrogens is 1010 g/mol. The monoisotopic (exact) mass is 1030 g/mol. The molecule has 0 fully saturated rings. The SMILES string of the molecule is [CH2-][N+]1=C2C=CC1=C(c1c(F)c(F)c(F)c(F)c1F)C1=CC=C(C(c3c(F)c(F)c(F)c(F)c3F)=C3CCC(=[N+]3[CH2-])C(c3c(F)c(F)c(F)c(F)c3F)=C3C=CC(=C2c2c(F)c(F)c(F)c(F)c2F)[NH+]3[CH2-])[NH+]1[CH2-]. The smallest absolute Gasteiger partial charge is 0.200 e. The molecule has 9 rings (SSSR count). The maximum atomic E-state index is 16.2. The van der Waals surface area contributed by atoms with Gasteiger partial charge in [-0.15, -0.1) is 14.1 Å². The summed E-state index contributed by atoms with van der Waals surface area (Å²) in [5.41, 5.74) is -18.8. The molecule has 0 saturated carbocycles. The third-order valence-corrected chi connectivity index (χ3v) is 12.4. The summed E-state index contributed by atoms with van der Waals surface area (Å²) in [4.78, 5) is -1.69. The first-order valence-corrected chi connectivity index (χ1v) is 20.0. The number of nitrogens with one attached hydrogen (secondary N) is 2. The van der Waals surface area contributed by atoms with Gasteiger partial charge in [-0.25, -0.2) is 87.8 Å². The Hall–Kier alpha value is -7.60. The van der Waals surface area contributed by atoms with Gasteiger partial charge in [-0.3, -0.25) is 0 Å². The molecule has 8 bridgehead atoms. The minimum Gasteiger partial charge on any atom is -0.402 e. The number of fused-ring (bicyclic) bond motifs is 6. The summed E-state index contributed by atoms with van der Waals surface area (Å²) in [7, 11) is 14.7. The Bertz CT molecular complexity index is 3510. The molecule has 5 aliphatic rings. The average Bonchev–Trinajstić information content (AvgIpc) is 4.14. The molecule has 0 aliphatic carbocycles. The fraction of sp³-hybridized carbons (Fsp3) is 0.0417. The summed E-state index contributed by atoms with van der Waals surface area (Å²) < 4.78 is 310. The van der Waals surface area contributed by atoms with Crippen molar-refractivity contribution in [3.63, 3.8) is 0 Å². The second kappa shape index (κ2) is 17.0. The van der Waals surface area contributed by atoms with Gasteiger partial charge in [0.15, 0.2) is 93.1 Å². The zero-order chi connectivity index (χ0) is 52.8. The maximum absolute atomic E-state index is 16.2. The first-order valence-electron chi connectivity index (χ1n) is 20.0. The molecule has 0 saturated heterocycles. The fourth-order valence-electron chi connectivity index (χ4n) is 9.02. The second-order valence-corrected chi connectivity index (χ2v) is 15.9. The van der Waals surface area contributed by atoms with Crippen molar-refractivity contribution in [2.45, 2.75) is 12.8 Å². The maximum Gasteiger partial charge on any atom is 0.200 e. The summed E-state index contributed by atoms with van der Waals surface area (Å²) in [6.07, 6.45) is 2.52.